The Morgan fingerprint density at radius 3 is 2.60 bits per heavy atom. The fourth-order valence-electron chi connectivity index (χ4n) is 4.32. The molecule has 3 heterocycles. The van der Waals surface area contributed by atoms with Crippen LogP contribution in [-0.4, -0.2) is 17.5 Å². The molecule has 1 amide bonds. The Labute approximate surface area is 205 Å². The number of nitrogens with zero attached hydrogens (tertiary/aromatic N) is 1. The van der Waals surface area contributed by atoms with Crippen molar-refractivity contribution in [2.45, 2.75) is 38.3 Å². The minimum Gasteiger partial charge on any atom is -0.459 e. The number of hydrogen-bond acceptors (Lipinski definition) is 6. The summed E-state index contributed by atoms with van der Waals surface area (Å²) in [4.78, 5) is 18.5. The summed E-state index contributed by atoms with van der Waals surface area (Å²) >= 11 is 1.57. The molecule has 1 aliphatic carbocycles. The maximum absolute atomic E-state index is 12.9. The van der Waals surface area contributed by atoms with Crippen LogP contribution in [-0.2, 0) is 12.8 Å². The lowest BCUT2D eigenvalue weighted by molar-refractivity contribution is -0.0498. The standard InChI is InChI=1S/C26H23F2N3O3S/c27-26(28)34-17-12-10-16(11-13-17)23(30-21-9-3-4-14-29-21)22-18-6-1-2-8-20(18)35-25(22)31-24(32)19-7-5-15-33-19/h3-5,7,9-15,23,26H,1-2,6,8H2,(H,29,30)(H,31,32)/t23-/m0/s1. The smallest absolute Gasteiger partial charge is 0.387 e. The Hall–Kier alpha value is -3.72. The second-order valence-electron chi connectivity index (χ2n) is 8.12. The maximum atomic E-state index is 12.9. The van der Waals surface area contributed by atoms with Crippen molar-refractivity contribution in [2.24, 2.45) is 0 Å². The molecule has 0 radical (unpaired) electrons. The molecule has 1 aliphatic rings. The first kappa shape index (κ1) is 23.0. The highest BCUT2D eigenvalue weighted by molar-refractivity contribution is 7.16. The number of halogens is 2. The summed E-state index contributed by atoms with van der Waals surface area (Å²) < 4.78 is 35.2. The van der Waals surface area contributed by atoms with Gasteiger partial charge >= 0.3 is 6.61 Å². The lowest BCUT2D eigenvalue weighted by Crippen LogP contribution is -2.18. The predicted octanol–water partition coefficient (Wildman–Crippen LogP) is 6.67. The van der Waals surface area contributed by atoms with Gasteiger partial charge in [-0.25, -0.2) is 4.98 Å². The van der Waals surface area contributed by atoms with Crippen LogP contribution < -0.4 is 15.4 Å². The number of carbonyl (C=O) groups is 1. The molecule has 1 atom stereocenters. The van der Waals surface area contributed by atoms with Gasteiger partial charge < -0.3 is 19.8 Å². The zero-order chi connectivity index (χ0) is 24.2. The molecule has 180 valence electrons. The van der Waals surface area contributed by atoms with Crippen molar-refractivity contribution in [1.29, 1.82) is 0 Å². The van der Waals surface area contributed by atoms with Gasteiger partial charge in [-0.2, -0.15) is 8.78 Å². The zero-order valence-electron chi connectivity index (χ0n) is 18.7. The molecule has 0 unspecified atom stereocenters. The number of fused-ring (bicyclic) bond motifs is 1. The average Bonchev–Trinajstić information content (AvgIpc) is 3.52. The maximum Gasteiger partial charge on any atom is 0.387 e. The van der Waals surface area contributed by atoms with Gasteiger partial charge in [0, 0.05) is 16.6 Å². The molecule has 3 aromatic heterocycles. The number of aryl methyl sites for hydroxylation is 1. The average molecular weight is 496 g/mol. The third kappa shape index (κ3) is 5.19. The van der Waals surface area contributed by atoms with Gasteiger partial charge in [0.2, 0.25) is 0 Å². The number of amides is 1. The Morgan fingerprint density at radius 1 is 1.06 bits per heavy atom. The molecule has 35 heavy (non-hydrogen) atoms. The third-order valence-corrected chi connectivity index (χ3v) is 7.09. The molecule has 5 rings (SSSR count). The highest BCUT2D eigenvalue weighted by atomic mass is 32.1. The predicted molar refractivity (Wildman–Crippen MR) is 130 cm³/mol. The van der Waals surface area contributed by atoms with Gasteiger partial charge in [-0.15, -0.1) is 11.3 Å². The molecular weight excluding hydrogens is 472 g/mol. The van der Waals surface area contributed by atoms with Gasteiger partial charge in [0.25, 0.3) is 5.91 Å². The second kappa shape index (κ2) is 10.3. The fourth-order valence-corrected chi connectivity index (χ4v) is 5.64. The first-order valence-electron chi connectivity index (χ1n) is 11.3. The summed E-state index contributed by atoms with van der Waals surface area (Å²) in [6.07, 6.45) is 7.15. The van der Waals surface area contributed by atoms with Crippen LogP contribution >= 0.6 is 11.3 Å². The van der Waals surface area contributed by atoms with Crippen molar-refractivity contribution in [3.05, 3.63) is 94.4 Å². The number of carbonyl (C=O) groups excluding carboxylic acids is 1. The number of pyridine rings is 1. The number of rotatable bonds is 8. The molecule has 0 saturated carbocycles. The molecule has 0 spiro atoms. The van der Waals surface area contributed by atoms with Crippen molar-refractivity contribution >= 4 is 28.1 Å². The van der Waals surface area contributed by atoms with Crippen LogP contribution in [0.25, 0.3) is 0 Å². The molecule has 2 N–H and O–H groups in total. The summed E-state index contributed by atoms with van der Waals surface area (Å²) in [5.41, 5.74) is 2.99. The minimum atomic E-state index is -2.89. The van der Waals surface area contributed by atoms with E-state index in [4.69, 9.17) is 4.42 Å². The van der Waals surface area contributed by atoms with E-state index in [9.17, 15) is 13.6 Å². The van der Waals surface area contributed by atoms with Crippen molar-refractivity contribution in [3.8, 4) is 5.75 Å². The van der Waals surface area contributed by atoms with E-state index >= 15 is 0 Å². The van der Waals surface area contributed by atoms with Crippen molar-refractivity contribution in [2.75, 3.05) is 10.6 Å². The quantitative estimate of drug-likeness (QED) is 0.286. The van der Waals surface area contributed by atoms with E-state index in [1.807, 2.05) is 18.2 Å². The summed E-state index contributed by atoms with van der Waals surface area (Å²) in [7, 11) is 0. The molecule has 0 bridgehead atoms. The van der Waals surface area contributed by atoms with Crippen molar-refractivity contribution in [1.82, 2.24) is 4.98 Å². The first-order valence-corrected chi connectivity index (χ1v) is 12.1. The number of benzene rings is 1. The molecule has 0 saturated heterocycles. The van der Waals surface area contributed by atoms with E-state index in [0.29, 0.717) is 5.82 Å². The Balaban J connectivity index is 1.58. The summed E-state index contributed by atoms with van der Waals surface area (Å²) in [5, 5.41) is 7.27. The number of ether oxygens (including phenoxy) is 1. The van der Waals surface area contributed by atoms with Crippen LogP contribution in [0.5, 0.6) is 5.75 Å². The summed E-state index contributed by atoms with van der Waals surface area (Å²) in [5.74, 6) is 0.640. The summed E-state index contributed by atoms with van der Waals surface area (Å²) in [6.45, 7) is -2.89. The highest BCUT2D eigenvalue weighted by Crippen LogP contribution is 2.44. The van der Waals surface area contributed by atoms with Crippen LogP contribution in [0.3, 0.4) is 0 Å². The van der Waals surface area contributed by atoms with E-state index in [1.165, 1.54) is 28.8 Å². The van der Waals surface area contributed by atoms with Gasteiger partial charge in [0.15, 0.2) is 5.76 Å². The minimum absolute atomic E-state index is 0.0824. The van der Waals surface area contributed by atoms with E-state index in [1.54, 1.807) is 41.8 Å². The van der Waals surface area contributed by atoms with Crippen LogP contribution in [0.1, 0.15) is 51.0 Å². The lowest BCUT2D eigenvalue weighted by Gasteiger charge is -2.24. The number of anilines is 2. The van der Waals surface area contributed by atoms with Crippen LogP contribution in [0.15, 0.2) is 71.5 Å². The van der Waals surface area contributed by atoms with Crippen molar-refractivity contribution < 1.29 is 22.7 Å². The number of furan rings is 1. The van der Waals surface area contributed by atoms with Gasteiger partial charge in [-0.3, -0.25) is 4.79 Å². The molecule has 4 aromatic rings. The van der Waals surface area contributed by atoms with E-state index in [2.05, 4.69) is 20.4 Å². The van der Waals surface area contributed by atoms with Crippen molar-refractivity contribution in [3.63, 3.8) is 0 Å². The largest absolute Gasteiger partial charge is 0.459 e. The Morgan fingerprint density at radius 2 is 1.89 bits per heavy atom. The highest BCUT2D eigenvalue weighted by Gasteiger charge is 2.29. The van der Waals surface area contributed by atoms with Crippen LogP contribution in [0, 0.1) is 0 Å². The molecule has 1 aromatic carbocycles. The van der Waals surface area contributed by atoms with Gasteiger partial charge in [0.05, 0.1) is 12.3 Å². The molecule has 9 heteroatoms. The summed E-state index contributed by atoms with van der Waals surface area (Å²) in [6, 6.07) is 15.0. The SMILES string of the molecule is O=C(Nc1sc2c(c1[C@@H](Nc1ccccn1)c1ccc(OC(F)F)cc1)CCCC2)c1ccco1. The third-order valence-electron chi connectivity index (χ3n) is 5.87. The monoisotopic (exact) mass is 495 g/mol. The number of alkyl halides is 2. The topological polar surface area (TPSA) is 76.4 Å². The molecule has 0 aliphatic heterocycles. The molecule has 6 nitrogen and oxygen atoms in total. The Kier molecular flexibility index (Phi) is 6.76. The second-order valence-corrected chi connectivity index (χ2v) is 9.23. The van der Waals surface area contributed by atoms with Gasteiger partial charge in [-0.05, 0) is 73.2 Å². The zero-order valence-corrected chi connectivity index (χ0v) is 19.5. The van der Waals surface area contributed by atoms with E-state index in [0.717, 1.165) is 41.8 Å². The lowest BCUT2D eigenvalue weighted by atomic mass is 9.89. The van der Waals surface area contributed by atoms with Gasteiger partial charge in [0.1, 0.15) is 16.6 Å². The number of thiophene rings is 1. The number of nitrogens with one attached hydrogen (secondary N) is 2. The van der Waals surface area contributed by atoms with Crippen LogP contribution in [0.2, 0.25) is 0 Å². The van der Waals surface area contributed by atoms with E-state index in [-0.39, 0.29) is 23.5 Å². The van der Waals surface area contributed by atoms with Gasteiger partial charge in [-0.1, -0.05) is 18.2 Å². The Bertz CT molecular complexity index is 1280. The van der Waals surface area contributed by atoms with Crippen LogP contribution in [0.4, 0.5) is 19.6 Å². The fraction of sp³-hybridized carbons (Fsp3) is 0.231. The first-order chi connectivity index (χ1) is 17.1. The molecule has 0 fully saturated rings. The normalized spacial score (nSPS) is 13.8. The number of aromatic nitrogens is 1. The van der Waals surface area contributed by atoms with E-state index < -0.39 is 6.61 Å². The molecular formula is C26H23F2N3O3S. The number of hydrogen-bond donors (Lipinski definition) is 2.